The number of nitrogens with zero attached hydrogens (tertiary/aromatic N) is 2. The number of halogens is 1. The third kappa shape index (κ3) is 1.72. The van der Waals surface area contributed by atoms with Crippen molar-refractivity contribution in [1.82, 2.24) is 9.97 Å². The first kappa shape index (κ1) is 10.1. The Morgan fingerprint density at radius 1 is 1.24 bits per heavy atom. The van der Waals surface area contributed by atoms with Crippen LogP contribution in [0.1, 0.15) is 0 Å². The predicted molar refractivity (Wildman–Crippen MR) is 66.7 cm³/mol. The van der Waals surface area contributed by atoms with Crippen LogP contribution in [0.3, 0.4) is 0 Å². The summed E-state index contributed by atoms with van der Waals surface area (Å²) in [5.74, 6) is 0.487. The maximum Gasteiger partial charge on any atom is 0.228 e. The van der Waals surface area contributed by atoms with Crippen molar-refractivity contribution in [3.8, 4) is 11.5 Å². The number of pyridine rings is 1. The number of nitrogens with two attached hydrogens (primary N) is 1. The highest BCUT2D eigenvalue weighted by atomic mass is 35.5. The van der Waals surface area contributed by atoms with Crippen molar-refractivity contribution in [2.75, 3.05) is 5.73 Å². The molecule has 0 saturated carbocycles. The molecule has 84 valence electrons. The minimum atomic E-state index is 0.484. The minimum absolute atomic E-state index is 0.484. The largest absolute Gasteiger partial charge is 0.434 e. The summed E-state index contributed by atoms with van der Waals surface area (Å²) in [7, 11) is 0. The summed E-state index contributed by atoms with van der Waals surface area (Å²) in [6.07, 6.45) is 1.67. The van der Waals surface area contributed by atoms with Gasteiger partial charge in [0.25, 0.3) is 0 Å². The van der Waals surface area contributed by atoms with Crippen LogP contribution in [0.5, 0.6) is 0 Å². The maximum absolute atomic E-state index is 5.95. The van der Waals surface area contributed by atoms with Crippen molar-refractivity contribution in [3.63, 3.8) is 0 Å². The molecule has 1 aromatic carbocycles. The fourth-order valence-corrected chi connectivity index (χ4v) is 1.73. The smallest absolute Gasteiger partial charge is 0.228 e. The van der Waals surface area contributed by atoms with E-state index in [1.165, 1.54) is 0 Å². The van der Waals surface area contributed by atoms with Crippen molar-refractivity contribution in [1.29, 1.82) is 0 Å². The standard InChI is InChI=1S/C12H8ClN3O/c13-8-6-7(3-4-9(8)14)12-16-11-10(17-12)2-1-5-15-11/h1-6H,14H2. The molecule has 17 heavy (non-hydrogen) atoms. The Bertz CT molecular complexity index is 660. The summed E-state index contributed by atoms with van der Waals surface area (Å²) >= 11 is 5.95. The second-order valence-corrected chi connectivity index (χ2v) is 3.99. The number of fused-ring (bicyclic) bond motifs is 1. The molecule has 0 unspecified atom stereocenters. The van der Waals surface area contributed by atoms with E-state index in [-0.39, 0.29) is 0 Å². The van der Waals surface area contributed by atoms with E-state index in [1.54, 1.807) is 24.4 Å². The van der Waals surface area contributed by atoms with Crippen molar-refractivity contribution >= 4 is 28.5 Å². The van der Waals surface area contributed by atoms with E-state index in [0.717, 1.165) is 5.56 Å². The van der Waals surface area contributed by atoms with Gasteiger partial charge in [-0.3, -0.25) is 0 Å². The third-order valence-corrected chi connectivity index (χ3v) is 2.74. The van der Waals surface area contributed by atoms with Crippen LogP contribution in [0.25, 0.3) is 22.7 Å². The van der Waals surface area contributed by atoms with Gasteiger partial charge in [-0.1, -0.05) is 11.6 Å². The molecule has 0 aliphatic carbocycles. The van der Waals surface area contributed by atoms with Crippen LogP contribution in [0.2, 0.25) is 5.02 Å². The SMILES string of the molecule is Nc1ccc(-c2nc3ncccc3o2)cc1Cl. The maximum atomic E-state index is 5.95. The average molecular weight is 246 g/mol. The molecule has 0 saturated heterocycles. The van der Waals surface area contributed by atoms with Gasteiger partial charge >= 0.3 is 0 Å². The normalized spacial score (nSPS) is 10.9. The molecule has 0 radical (unpaired) electrons. The van der Waals surface area contributed by atoms with E-state index >= 15 is 0 Å². The van der Waals surface area contributed by atoms with Crippen LogP contribution in [-0.2, 0) is 0 Å². The summed E-state index contributed by atoms with van der Waals surface area (Å²) in [6.45, 7) is 0. The lowest BCUT2D eigenvalue weighted by molar-refractivity contribution is 0.619. The molecule has 3 rings (SSSR count). The first-order chi connectivity index (χ1) is 8.24. The molecule has 2 N–H and O–H groups in total. The molecular formula is C12H8ClN3O. The van der Waals surface area contributed by atoms with Crippen molar-refractivity contribution in [2.24, 2.45) is 0 Å². The van der Waals surface area contributed by atoms with Gasteiger partial charge in [0, 0.05) is 11.8 Å². The van der Waals surface area contributed by atoms with Crippen molar-refractivity contribution < 1.29 is 4.42 Å². The molecule has 5 heteroatoms. The van der Waals surface area contributed by atoms with E-state index in [2.05, 4.69) is 9.97 Å². The van der Waals surface area contributed by atoms with Gasteiger partial charge < -0.3 is 10.2 Å². The molecule has 0 aliphatic rings. The average Bonchev–Trinajstić information content (AvgIpc) is 2.76. The molecule has 0 aliphatic heterocycles. The van der Waals surface area contributed by atoms with Gasteiger partial charge in [0.15, 0.2) is 11.2 Å². The van der Waals surface area contributed by atoms with Crippen LogP contribution in [0, 0.1) is 0 Å². The highest BCUT2D eigenvalue weighted by molar-refractivity contribution is 6.33. The predicted octanol–water partition coefficient (Wildman–Crippen LogP) is 3.13. The number of anilines is 1. The zero-order valence-corrected chi connectivity index (χ0v) is 9.48. The topological polar surface area (TPSA) is 64.9 Å². The monoisotopic (exact) mass is 245 g/mol. The van der Waals surface area contributed by atoms with E-state index in [0.29, 0.717) is 27.8 Å². The number of nitrogen functional groups attached to an aromatic ring is 1. The fraction of sp³-hybridized carbons (Fsp3) is 0. The van der Waals surface area contributed by atoms with Crippen LogP contribution in [0.4, 0.5) is 5.69 Å². The first-order valence-electron chi connectivity index (χ1n) is 5.01. The Morgan fingerprint density at radius 3 is 2.88 bits per heavy atom. The van der Waals surface area contributed by atoms with Gasteiger partial charge in [0.1, 0.15) is 0 Å². The molecule has 0 spiro atoms. The van der Waals surface area contributed by atoms with Gasteiger partial charge in [-0.2, -0.15) is 4.98 Å². The third-order valence-electron chi connectivity index (χ3n) is 2.41. The van der Waals surface area contributed by atoms with Gasteiger partial charge in [-0.25, -0.2) is 4.98 Å². The number of rotatable bonds is 1. The van der Waals surface area contributed by atoms with Crippen LogP contribution in [0.15, 0.2) is 40.9 Å². The lowest BCUT2D eigenvalue weighted by atomic mass is 10.2. The highest BCUT2D eigenvalue weighted by Gasteiger charge is 2.09. The number of oxazole rings is 1. The molecular weight excluding hydrogens is 238 g/mol. The lowest BCUT2D eigenvalue weighted by Gasteiger charge is -1.99. The van der Waals surface area contributed by atoms with Crippen LogP contribution < -0.4 is 5.73 Å². The molecule has 0 bridgehead atoms. The van der Waals surface area contributed by atoms with Gasteiger partial charge in [0.2, 0.25) is 5.89 Å². The molecule has 2 heterocycles. The zero-order valence-electron chi connectivity index (χ0n) is 8.72. The minimum Gasteiger partial charge on any atom is -0.434 e. The van der Waals surface area contributed by atoms with Crippen molar-refractivity contribution in [3.05, 3.63) is 41.6 Å². The first-order valence-corrected chi connectivity index (χ1v) is 5.39. The Labute approximate surface area is 102 Å². The Hall–Kier alpha value is -2.07. The summed E-state index contributed by atoms with van der Waals surface area (Å²) in [5, 5.41) is 0.484. The molecule has 2 aromatic heterocycles. The zero-order chi connectivity index (χ0) is 11.8. The van der Waals surface area contributed by atoms with Gasteiger partial charge in [-0.15, -0.1) is 0 Å². The summed E-state index contributed by atoms with van der Waals surface area (Å²) in [6, 6.07) is 8.87. The van der Waals surface area contributed by atoms with Crippen LogP contribution in [-0.4, -0.2) is 9.97 Å². The molecule has 0 atom stereocenters. The fourth-order valence-electron chi connectivity index (χ4n) is 1.55. The molecule has 0 fully saturated rings. The molecule has 3 aromatic rings. The Morgan fingerprint density at radius 2 is 2.12 bits per heavy atom. The summed E-state index contributed by atoms with van der Waals surface area (Å²) in [5.41, 5.74) is 8.19. The number of benzene rings is 1. The van der Waals surface area contributed by atoms with Crippen LogP contribution >= 0.6 is 11.6 Å². The molecule has 0 amide bonds. The Kier molecular flexibility index (Phi) is 2.23. The second kappa shape index (κ2) is 3.75. The summed E-state index contributed by atoms with van der Waals surface area (Å²) < 4.78 is 5.58. The lowest BCUT2D eigenvalue weighted by Crippen LogP contribution is -1.86. The van der Waals surface area contributed by atoms with E-state index in [1.807, 2.05) is 12.1 Å². The van der Waals surface area contributed by atoms with Gasteiger partial charge in [-0.05, 0) is 30.3 Å². The number of hydrogen-bond acceptors (Lipinski definition) is 4. The number of aromatic nitrogens is 2. The van der Waals surface area contributed by atoms with E-state index < -0.39 is 0 Å². The quantitative estimate of drug-likeness (QED) is 0.669. The highest BCUT2D eigenvalue weighted by Crippen LogP contribution is 2.28. The number of hydrogen-bond donors (Lipinski definition) is 1. The second-order valence-electron chi connectivity index (χ2n) is 3.58. The Balaban J connectivity index is 2.17. The van der Waals surface area contributed by atoms with Gasteiger partial charge in [0.05, 0.1) is 10.7 Å². The van der Waals surface area contributed by atoms with E-state index in [9.17, 15) is 0 Å². The van der Waals surface area contributed by atoms with E-state index in [4.69, 9.17) is 21.8 Å². The molecule has 4 nitrogen and oxygen atoms in total. The summed E-state index contributed by atoms with van der Waals surface area (Å²) in [4.78, 5) is 8.38. The van der Waals surface area contributed by atoms with Crippen molar-refractivity contribution in [2.45, 2.75) is 0 Å².